The van der Waals surface area contributed by atoms with Gasteiger partial charge in [0.25, 0.3) is 0 Å². The maximum absolute atomic E-state index is 10.2. The fourth-order valence-corrected chi connectivity index (χ4v) is 8.35. The zero-order valence-corrected chi connectivity index (χ0v) is 24.0. The van der Waals surface area contributed by atoms with Crippen LogP contribution in [0.5, 0.6) is 0 Å². The number of anilines is 1. The van der Waals surface area contributed by atoms with E-state index in [4.69, 9.17) is 0 Å². The lowest BCUT2D eigenvalue weighted by atomic mass is 9.83. The van der Waals surface area contributed by atoms with Gasteiger partial charge in [-0.3, -0.25) is 0 Å². The summed E-state index contributed by atoms with van der Waals surface area (Å²) in [6.07, 6.45) is 21.0. The molecule has 0 saturated heterocycles. The number of allylic oxidation sites excluding steroid dienone is 3. The molecule has 3 nitrogen and oxygen atoms in total. The van der Waals surface area contributed by atoms with Gasteiger partial charge in [0, 0.05) is 35.8 Å². The highest BCUT2D eigenvalue weighted by molar-refractivity contribution is 8.14. The van der Waals surface area contributed by atoms with Crippen LogP contribution in [0.3, 0.4) is 0 Å². The second-order valence-corrected chi connectivity index (χ2v) is 13.4. The van der Waals surface area contributed by atoms with Gasteiger partial charge in [-0.15, -0.1) is 0 Å². The second kappa shape index (κ2) is 12.2. The fraction of sp³-hybridized carbons (Fsp3) is 0.636. The summed E-state index contributed by atoms with van der Waals surface area (Å²) >= 11 is 1.92. The van der Waals surface area contributed by atoms with Crippen molar-refractivity contribution in [3.05, 3.63) is 53.3 Å². The monoisotopic (exact) mass is 516 g/mol. The molecule has 0 aromatic heterocycles. The van der Waals surface area contributed by atoms with Crippen molar-refractivity contribution < 1.29 is 4.58 Å². The van der Waals surface area contributed by atoms with Crippen LogP contribution in [-0.4, -0.2) is 35.0 Å². The van der Waals surface area contributed by atoms with Crippen molar-refractivity contribution in [1.82, 2.24) is 0 Å². The Hall–Kier alpha value is -1.99. The first kappa shape index (κ1) is 26.6. The van der Waals surface area contributed by atoms with Gasteiger partial charge in [-0.2, -0.15) is 5.26 Å². The lowest BCUT2D eigenvalue weighted by molar-refractivity contribution is -0.517. The Morgan fingerprint density at radius 1 is 1.05 bits per heavy atom. The topological polar surface area (TPSA) is 30.0 Å². The van der Waals surface area contributed by atoms with E-state index in [1.54, 1.807) is 0 Å². The van der Waals surface area contributed by atoms with Crippen LogP contribution >= 0.6 is 11.8 Å². The summed E-state index contributed by atoms with van der Waals surface area (Å²) < 4.78 is 2.53. The van der Waals surface area contributed by atoms with Crippen molar-refractivity contribution in [3.8, 4) is 6.07 Å². The van der Waals surface area contributed by atoms with Crippen molar-refractivity contribution in [2.24, 2.45) is 11.8 Å². The number of hydrogen-bond acceptors (Lipinski definition) is 3. The molecular formula is C33H46N3S+. The molecule has 2 saturated carbocycles. The summed E-state index contributed by atoms with van der Waals surface area (Å²) in [5.74, 6) is 3.01. The van der Waals surface area contributed by atoms with Gasteiger partial charge in [0.1, 0.15) is 6.54 Å². The molecule has 4 heteroatoms. The lowest BCUT2D eigenvalue weighted by Gasteiger charge is -2.27. The van der Waals surface area contributed by atoms with Crippen LogP contribution in [0.25, 0.3) is 0 Å². The molecule has 37 heavy (non-hydrogen) atoms. The zero-order chi connectivity index (χ0) is 25.7. The van der Waals surface area contributed by atoms with E-state index in [9.17, 15) is 5.26 Å². The van der Waals surface area contributed by atoms with E-state index in [0.29, 0.717) is 0 Å². The number of rotatable bonds is 10. The third kappa shape index (κ3) is 6.19. The highest BCUT2D eigenvalue weighted by atomic mass is 32.2. The maximum atomic E-state index is 10.2. The second-order valence-electron chi connectivity index (χ2n) is 12.3. The van der Waals surface area contributed by atoms with Gasteiger partial charge in [-0.25, -0.2) is 4.58 Å². The number of nitrogens with zero attached hydrogens (tertiary/aromatic N) is 3. The van der Waals surface area contributed by atoms with E-state index >= 15 is 0 Å². The summed E-state index contributed by atoms with van der Waals surface area (Å²) in [6, 6.07) is 11.4. The lowest BCUT2D eigenvalue weighted by Crippen LogP contribution is -2.27. The number of benzene rings is 1. The Bertz CT molecular complexity index is 1080. The van der Waals surface area contributed by atoms with Crippen LogP contribution in [-0.2, 0) is 5.41 Å². The molecule has 0 N–H and O–H groups in total. The molecule has 0 bridgehead atoms. The molecule has 0 unspecified atom stereocenters. The van der Waals surface area contributed by atoms with Gasteiger partial charge in [-0.05, 0) is 48.8 Å². The summed E-state index contributed by atoms with van der Waals surface area (Å²) in [5.41, 5.74) is 4.69. The minimum Gasteiger partial charge on any atom is -0.344 e. The van der Waals surface area contributed by atoms with Crippen LogP contribution in [0.2, 0.25) is 0 Å². The summed E-state index contributed by atoms with van der Waals surface area (Å²) in [7, 11) is 0. The Morgan fingerprint density at radius 3 is 2.43 bits per heavy atom. The molecule has 4 aliphatic rings. The molecule has 2 aliphatic carbocycles. The predicted molar refractivity (Wildman–Crippen MR) is 158 cm³/mol. The van der Waals surface area contributed by atoms with Gasteiger partial charge in [0.2, 0.25) is 5.04 Å². The molecule has 0 atom stereocenters. The fourth-order valence-electron chi connectivity index (χ4n) is 7.25. The standard InChI is InChI=1S/C33H46N3S/c1-33(2)29-17-7-8-18-30(29)36(20-10-16-27-13-5-6-14-27)31(33)23-28(25-34)24-32-35(21-22-37-32)19-9-15-26-11-3-4-12-26/h7-8,17-18,23-24,26-27H,3-6,9-16,19-22H2,1-2H3/q+1. The predicted octanol–water partition coefficient (Wildman–Crippen LogP) is 8.22. The Kier molecular flexibility index (Phi) is 8.81. The summed E-state index contributed by atoms with van der Waals surface area (Å²) in [4.78, 5) is 2.53. The van der Waals surface area contributed by atoms with Gasteiger partial charge in [0.05, 0.1) is 17.4 Å². The van der Waals surface area contributed by atoms with Crippen molar-refractivity contribution in [2.45, 2.75) is 96.3 Å². The first-order chi connectivity index (χ1) is 18.1. The van der Waals surface area contributed by atoms with E-state index in [2.05, 4.69) is 65.8 Å². The number of hydrogen-bond donors (Lipinski definition) is 0. The first-order valence-electron chi connectivity index (χ1n) is 15.0. The van der Waals surface area contributed by atoms with Gasteiger partial charge >= 0.3 is 0 Å². The van der Waals surface area contributed by atoms with Crippen LogP contribution in [0.4, 0.5) is 5.69 Å². The van der Waals surface area contributed by atoms with Crippen molar-refractivity contribution in [3.63, 3.8) is 0 Å². The molecule has 2 aliphatic heterocycles. The van der Waals surface area contributed by atoms with Crippen LogP contribution in [0.1, 0.15) is 96.5 Å². The number of thioether (sulfide) groups is 1. The number of para-hydroxylation sites is 1. The first-order valence-corrected chi connectivity index (χ1v) is 16.0. The van der Waals surface area contributed by atoms with Crippen molar-refractivity contribution >= 4 is 22.5 Å². The highest BCUT2D eigenvalue weighted by Crippen LogP contribution is 2.48. The molecule has 0 amide bonds. The average molecular weight is 517 g/mol. The maximum Gasteiger partial charge on any atom is 0.236 e. The minimum absolute atomic E-state index is 0.103. The Labute approximate surface area is 229 Å². The van der Waals surface area contributed by atoms with E-state index in [1.807, 2.05) is 11.8 Å². The molecule has 1 aromatic carbocycles. The van der Waals surface area contributed by atoms with E-state index in [0.717, 1.165) is 42.8 Å². The van der Waals surface area contributed by atoms with Gasteiger partial charge in [0.15, 0.2) is 6.54 Å². The highest BCUT2D eigenvalue weighted by Gasteiger charge is 2.40. The zero-order valence-electron chi connectivity index (χ0n) is 23.2. The third-order valence-corrected chi connectivity index (χ3v) is 10.5. The van der Waals surface area contributed by atoms with Crippen LogP contribution < -0.4 is 4.90 Å². The molecule has 198 valence electrons. The quantitative estimate of drug-likeness (QED) is 0.232. The smallest absolute Gasteiger partial charge is 0.236 e. The van der Waals surface area contributed by atoms with Gasteiger partial charge in [-0.1, -0.05) is 95.2 Å². The molecule has 2 fully saturated rings. The molecule has 0 spiro atoms. The number of nitriles is 1. The summed E-state index contributed by atoms with van der Waals surface area (Å²) in [5, 5.41) is 11.5. The molecule has 5 rings (SSSR count). The Morgan fingerprint density at radius 2 is 1.73 bits per heavy atom. The van der Waals surface area contributed by atoms with Crippen LogP contribution in [0, 0.1) is 23.2 Å². The van der Waals surface area contributed by atoms with E-state index in [1.165, 1.54) is 99.0 Å². The minimum atomic E-state index is -0.103. The molecule has 1 aromatic rings. The summed E-state index contributed by atoms with van der Waals surface area (Å²) in [6.45, 7) is 7.95. The van der Waals surface area contributed by atoms with Crippen LogP contribution in [0.15, 0.2) is 47.7 Å². The SMILES string of the molecule is CC1(C)/C(=C\C(C#N)=C\C2=[N+](CCCC3CCCC3)CCS2)N(CCCC2CCCC2)c2ccccc21. The van der Waals surface area contributed by atoms with E-state index in [-0.39, 0.29) is 5.41 Å². The average Bonchev–Trinajstić information content (AvgIpc) is 3.71. The molecular weight excluding hydrogens is 470 g/mol. The molecule has 0 radical (unpaired) electrons. The number of fused-ring (bicyclic) bond motifs is 1. The van der Waals surface area contributed by atoms with E-state index < -0.39 is 0 Å². The van der Waals surface area contributed by atoms with Gasteiger partial charge < -0.3 is 4.90 Å². The Balaban J connectivity index is 1.35. The van der Waals surface area contributed by atoms with Crippen molar-refractivity contribution in [2.75, 3.05) is 30.3 Å². The van der Waals surface area contributed by atoms with Crippen molar-refractivity contribution in [1.29, 1.82) is 5.26 Å². The molecule has 2 heterocycles. The third-order valence-electron chi connectivity index (χ3n) is 9.41. The largest absolute Gasteiger partial charge is 0.344 e. The normalized spacial score (nSPS) is 23.4.